The summed E-state index contributed by atoms with van der Waals surface area (Å²) < 4.78 is 31.4. The molecular formula is C14H21NO5S. The van der Waals surface area contributed by atoms with Crippen molar-refractivity contribution in [2.45, 2.75) is 25.7 Å². The fourth-order valence-electron chi connectivity index (χ4n) is 1.97. The minimum atomic E-state index is -3.71. The van der Waals surface area contributed by atoms with Gasteiger partial charge in [-0.2, -0.15) is 4.31 Å². The molecule has 0 saturated carbocycles. The van der Waals surface area contributed by atoms with Gasteiger partial charge in [0.2, 0.25) is 10.0 Å². The highest BCUT2D eigenvalue weighted by Gasteiger charge is 2.25. The van der Waals surface area contributed by atoms with Crippen molar-refractivity contribution in [2.75, 3.05) is 20.2 Å². The highest BCUT2D eigenvalue weighted by Crippen LogP contribution is 2.25. The number of sulfonamides is 1. The number of hydrogen-bond donors (Lipinski definition) is 1. The van der Waals surface area contributed by atoms with Crippen LogP contribution in [0.2, 0.25) is 0 Å². The third-order valence-electron chi connectivity index (χ3n) is 2.96. The largest absolute Gasteiger partial charge is 0.496 e. The molecule has 0 heterocycles. The Balaban J connectivity index is 3.31. The molecule has 1 rings (SSSR count). The van der Waals surface area contributed by atoms with Gasteiger partial charge in [0, 0.05) is 13.1 Å². The van der Waals surface area contributed by atoms with Crippen molar-refractivity contribution in [3.05, 3.63) is 23.8 Å². The van der Waals surface area contributed by atoms with Crippen LogP contribution in [-0.2, 0) is 10.0 Å². The first-order chi connectivity index (χ1) is 9.73. The smallest absolute Gasteiger partial charge is 0.339 e. The Labute approximate surface area is 125 Å². The minimum Gasteiger partial charge on any atom is -0.496 e. The number of methoxy groups -OCH3 is 1. The van der Waals surface area contributed by atoms with Crippen LogP contribution in [0, 0.1) is 5.92 Å². The van der Waals surface area contributed by atoms with Gasteiger partial charge in [-0.1, -0.05) is 20.8 Å². The molecule has 0 unspecified atom stereocenters. The summed E-state index contributed by atoms with van der Waals surface area (Å²) in [6, 6.07) is 3.86. The fraction of sp³-hybridized carbons (Fsp3) is 0.500. The Morgan fingerprint density at radius 2 is 2.00 bits per heavy atom. The summed E-state index contributed by atoms with van der Waals surface area (Å²) in [5, 5.41) is 9.14. The van der Waals surface area contributed by atoms with Crippen LogP contribution in [0.25, 0.3) is 0 Å². The Morgan fingerprint density at radius 1 is 1.38 bits per heavy atom. The molecule has 0 spiro atoms. The number of nitrogens with zero attached hydrogens (tertiary/aromatic N) is 1. The lowest BCUT2D eigenvalue weighted by molar-refractivity contribution is 0.0693. The van der Waals surface area contributed by atoms with E-state index in [4.69, 9.17) is 9.84 Å². The highest BCUT2D eigenvalue weighted by molar-refractivity contribution is 7.89. The third-order valence-corrected chi connectivity index (χ3v) is 4.90. The Morgan fingerprint density at radius 3 is 2.43 bits per heavy atom. The van der Waals surface area contributed by atoms with Crippen molar-refractivity contribution in [3.8, 4) is 5.75 Å². The van der Waals surface area contributed by atoms with Gasteiger partial charge in [0.15, 0.2) is 0 Å². The van der Waals surface area contributed by atoms with Crippen molar-refractivity contribution in [1.29, 1.82) is 0 Å². The summed E-state index contributed by atoms with van der Waals surface area (Å²) in [6.07, 6.45) is 0. The summed E-state index contributed by atoms with van der Waals surface area (Å²) in [5.74, 6) is -0.916. The lowest BCUT2D eigenvalue weighted by atomic mass is 10.2. The molecule has 0 aliphatic rings. The number of rotatable bonds is 7. The SMILES string of the molecule is CCN(CC(C)C)S(=O)(=O)c1ccc(OC)c(C(=O)O)c1. The predicted molar refractivity (Wildman–Crippen MR) is 79.2 cm³/mol. The maximum atomic E-state index is 12.6. The van der Waals surface area contributed by atoms with E-state index in [1.807, 2.05) is 13.8 Å². The number of benzene rings is 1. The molecule has 1 N–H and O–H groups in total. The average Bonchev–Trinajstić information content (AvgIpc) is 2.43. The van der Waals surface area contributed by atoms with Gasteiger partial charge in [-0.3, -0.25) is 0 Å². The topological polar surface area (TPSA) is 83.9 Å². The molecule has 0 radical (unpaired) electrons. The molecule has 1 aromatic carbocycles. The maximum absolute atomic E-state index is 12.6. The van der Waals surface area contributed by atoms with Crippen molar-refractivity contribution in [1.82, 2.24) is 4.31 Å². The van der Waals surface area contributed by atoms with Gasteiger partial charge in [-0.25, -0.2) is 13.2 Å². The third kappa shape index (κ3) is 3.95. The van der Waals surface area contributed by atoms with Crippen LogP contribution in [0.3, 0.4) is 0 Å². The first-order valence-corrected chi connectivity index (χ1v) is 8.09. The predicted octanol–water partition coefficient (Wildman–Crippen LogP) is 2.06. The van der Waals surface area contributed by atoms with Crippen molar-refractivity contribution < 1.29 is 23.1 Å². The van der Waals surface area contributed by atoms with Crippen molar-refractivity contribution in [3.63, 3.8) is 0 Å². The van der Waals surface area contributed by atoms with E-state index in [0.29, 0.717) is 13.1 Å². The minimum absolute atomic E-state index is 0.0387. The number of ether oxygens (including phenoxy) is 1. The first-order valence-electron chi connectivity index (χ1n) is 6.65. The Bertz CT molecular complexity index is 610. The van der Waals surface area contributed by atoms with E-state index in [-0.39, 0.29) is 22.1 Å². The standard InChI is InChI=1S/C14H21NO5S/c1-5-15(9-10(2)3)21(18,19)11-6-7-13(20-4)12(8-11)14(16)17/h6-8,10H,5,9H2,1-4H3,(H,16,17). The number of aromatic carboxylic acids is 1. The van der Waals surface area contributed by atoms with Gasteiger partial charge in [0.1, 0.15) is 11.3 Å². The van der Waals surface area contributed by atoms with Gasteiger partial charge >= 0.3 is 5.97 Å². The summed E-state index contributed by atoms with van der Waals surface area (Å²) in [7, 11) is -2.37. The zero-order valence-corrected chi connectivity index (χ0v) is 13.5. The van der Waals surface area contributed by atoms with Crippen LogP contribution in [0.5, 0.6) is 5.75 Å². The molecule has 0 aromatic heterocycles. The second kappa shape index (κ2) is 6.91. The molecule has 7 heteroatoms. The first kappa shape index (κ1) is 17.5. The molecule has 0 saturated heterocycles. The van der Waals surface area contributed by atoms with Gasteiger partial charge in [0.25, 0.3) is 0 Å². The monoisotopic (exact) mass is 315 g/mol. The highest BCUT2D eigenvalue weighted by atomic mass is 32.2. The number of carboxylic acids is 1. The summed E-state index contributed by atoms with van der Waals surface area (Å²) in [4.78, 5) is 11.1. The molecule has 0 amide bonds. The van der Waals surface area contributed by atoms with Crippen molar-refractivity contribution >= 4 is 16.0 Å². The zero-order valence-electron chi connectivity index (χ0n) is 12.7. The average molecular weight is 315 g/mol. The van der Waals surface area contributed by atoms with Crippen LogP contribution in [0.4, 0.5) is 0 Å². The molecule has 0 aliphatic heterocycles. The molecule has 21 heavy (non-hydrogen) atoms. The molecule has 0 aliphatic carbocycles. The van der Waals surface area contributed by atoms with E-state index in [9.17, 15) is 13.2 Å². The van der Waals surface area contributed by atoms with Crippen molar-refractivity contribution in [2.24, 2.45) is 5.92 Å². The molecule has 118 valence electrons. The van der Waals surface area contributed by atoms with Crippen LogP contribution < -0.4 is 4.74 Å². The molecule has 1 aromatic rings. The lowest BCUT2D eigenvalue weighted by Crippen LogP contribution is -2.34. The van der Waals surface area contributed by atoms with Gasteiger partial charge in [0.05, 0.1) is 12.0 Å². The zero-order chi connectivity index (χ0) is 16.2. The number of hydrogen-bond acceptors (Lipinski definition) is 4. The Hall–Kier alpha value is -1.60. The van der Waals surface area contributed by atoms with E-state index in [0.717, 1.165) is 6.07 Å². The van der Waals surface area contributed by atoms with Crippen LogP contribution in [-0.4, -0.2) is 44.0 Å². The van der Waals surface area contributed by atoms with E-state index >= 15 is 0 Å². The normalized spacial score (nSPS) is 11.9. The van der Waals surface area contributed by atoms with Crippen LogP contribution >= 0.6 is 0 Å². The molecule has 0 fully saturated rings. The van der Waals surface area contributed by atoms with Crippen LogP contribution in [0.1, 0.15) is 31.1 Å². The Kier molecular flexibility index (Phi) is 5.74. The lowest BCUT2D eigenvalue weighted by Gasteiger charge is -2.22. The quantitative estimate of drug-likeness (QED) is 0.832. The fourth-order valence-corrected chi connectivity index (χ4v) is 3.61. The second-order valence-corrected chi connectivity index (χ2v) is 6.95. The van der Waals surface area contributed by atoms with Gasteiger partial charge in [-0.05, 0) is 24.1 Å². The molecule has 0 atom stereocenters. The number of carbonyl (C=O) groups is 1. The second-order valence-electron chi connectivity index (χ2n) is 5.02. The van der Waals surface area contributed by atoms with E-state index in [2.05, 4.69) is 0 Å². The van der Waals surface area contributed by atoms with E-state index in [1.165, 1.54) is 23.5 Å². The van der Waals surface area contributed by atoms with E-state index in [1.54, 1.807) is 6.92 Å². The summed E-state index contributed by atoms with van der Waals surface area (Å²) in [5.41, 5.74) is -0.167. The summed E-state index contributed by atoms with van der Waals surface area (Å²) >= 11 is 0. The summed E-state index contributed by atoms with van der Waals surface area (Å²) in [6.45, 7) is 6.31. The molecule has 0 bridgehead atoms. The number of carboxylic acid groups (broad SMARTS) is 1. The van der Waals surface area contributed by atoms with Gasteiger partial charge < -0.3 is 9.84 Å². The maximum Gasteiger partial charge on any atom is 0.339 e. The molecular weight excluding hydrogens is 294 g/mol. The van der Waals surface area contributed by atoms with E-state index < -0.39 is 16.0 Å². The van der Waals surface area contributed by atoms with Crippen LogP contribution in [0.15, 0.2) is 23.1 Å². The molecule has 6 nitrogen and oxygen atoms in total. The van der Waals surface area contributed by atoms with Gasteiger partial charge in [-0.15, -0.1) is 0 Å².